The van der Waals surface area contributed by atoms with Crippen LogP contribution in [-0.2, 0) is 10.1 Å². The fourth-order valence-corrected chi connectivity index (χ4v) is 4.11. The molecule has 0 spiro atoms. The smallest absolute Gasteiger partial charge is 0.493 e. The summed E-state index contributed by atoms with van der Waals surface area (Å²) >= 11 is 1.83. The summed E-state index contributed by atoms with van der Waals surface area (Å²) in [5.41, 5.74) is -2.65. The van der Waals surface area contributed by atoms with Crippen LogP contribution < -0.4 is 4.74 Å². The summed E-state index contributed by atoms with van der Waals surface area (Å²) in [6.45, 7) is 8.53. The molecule has 1 N–H and O–H groups in total. The Morgan fingerprint density at radius 1 is 1.27 bits per heavy atom. The molecule has 0 radical (unpaired) electrons. The molecule has 30 heavy (non-hydrogen) atoms. The lowest BCUT2D eigenvalue weighted by atomic mass is 9.98. The highest BCUT2D eigenvalue weighted by Gasteiger charge is 2.44. The van der Waals surface area contributed by atoms with E-state index in [4.69, 9.17) is 17.7 Å². The van der Waals surface area contributed by atoms with Crippen LogP contribution in [0.2, 0.25) is 0 Å². The minimum absolute atomic E-state index is 0.720. The van der Waals surface area contributed by atoms with Gasteiger partial charge in [-0.15, -0.1) is 11.3 Å². The minimum atomic E-state index is -5.84. The van der Waals surface area contributed by atoms with Crippen LogP contribution in [-0.4, -0.2) is 49.6 Å². The van der Waals surface area contributed by atoms with Gasteiger partial charge >= 0.3 is 15.6 Å². The summed E-state index contributed by atoms with van der Waals surface area (Å²) in [7, 11) is -5.84. The molecule has 0 bridgehead atoms. The Bertz CT molecular complexity index is 968. The van der Waals surface area contributed by atoms with Gasteiger partial charge in [0.05, 0.1) is 6.61 Å². The minimum Gasteiger partial charge on any atom is -0.493 e. The SMILES string of the molecule is CCCCN1CC=C(c2csc3cccc(OCC)c23)CC1.O=S(=O)(O)C(F)(F)F. The molecule has 10 heteroatoms. The Labute approximate surface area is 178 Å². The highest BCUT2D eigenvalue weighted by atomic mass is 32.2. The van der Waals surface area contributed by atoms with Gasteiger partial charge in [0.2, 0.25) is 0 Å². The van der Waals surface area contributed by atoms with Gasteiger partial charge in [-0.1, -0.05) is 25.5 Å². The van der Waals surface area contributed by atoms with Crippen molar-refractivity contribution in [2.24, 2.45) is 0 Å². The predicted octanol–water partition coefficient (Wildman–Crippen LogP) is 5.58. The summed E-state index contributed by atoms with van der Waals surface area (Å²) in [6, 6.07) is 6.39. The first-order valence-corrected chi connectivity index (χ1v) is 12.0. The number of hydrogen-bond acceptors (Lipinski definition) is 5. The van der Waals surface area contributed by atoms with E-state index in [0.717, 1.165) is 25.3 Å². The van der Waals surface area contributed by atoms with E-state index in [-0.39, 0.29) is 0 Å². The molecule has 1 aromatic carbocycles. The van der Waals surface area contributed by atoms with Crippen molar-refractivity contribution in [2.75, 3.05) is 26.2 Å². The molecule has 3 rings (SSSR count). The van der Waals surface area contributed by atoms with Gasteiger partial charge in [0, 0.05) is 23.2 Å². The van der Waals surface area contributed by atoms with Gasteiger partial charge < -0.3 is 4.74 Å². The number of benzene rings is 1. The summed E-state index contributed by atoms with van der Waals surface area (Å²) in [6.07, 6.45) is 6.15. The van der Waals surface area contributed by atoms with Crippen LogP contribution in [0.15, 0.2) is 29.7 Å². The fourth-order valence-electron chi connectivity index (χ4n) is 3.11. The molecule has 0 unspecified atom stereocenters. The quantitative estimate of drug-likeness (QED) is 0.445. The van der Waals surface area contributed by atoms with Gasteiger partial charge in [-0.3, -0.25) is 9.45 Å². The summed E-state index contributed by atoms with van der Waals surface area (Å²) in [4.78, 5) is 2.56. The topological polar surface area (TPSA) is 66.8 Å². The van der Waals surface area contributed by atoms with E-state index in [2.05, 4.69) is 48.4 Å². The van der Waals surface area contributed by atoms with E-state index in [0.29, 0.717) is 0 Å². The normalized spacial score (nSPS) is 15.5. The number of unbranched alkanes of at least 4 members (excludes halogenated alkanes) is 1. The number of rotatable bonds is 6. The maximum atomic E-state index is 10.7. The summed E-state index contributed by atoms with van der Waals surface area (Å²) < 4.78 is 64.7. The zero-order valence-electron chi connectivity index (χ0n) is 16.9. The second kappa shape index (κ2) is 10.6. The number of thiophene rings is 1. The lowest BCUT2D eigenvalue weighted by molar-refractivity contribution is -0.0510. The number of fused-ring (bicyclic) bond motifs is 1. The third-order valence-corrected chi connectivity index (χ3v) is 6.15. The number of hydrogen-bond donors (Lipinski definition) is 1. The van der Waals surface area contributed by atoms with Crippen LogP contribution in [0.3, 0.4) is 0 Å². The average molecular weight is 466 g/mol. The van der Waals surface area contributed by atoms with E-state index in [1.807, 2.05) is 11.3 Å². The van der Waals surface area contributed by atoms with Crippen LogP contribution >= 0.6 is 11.3 Å². The molecule has 0 fully saturated rings. The van der Waals surface area contributed by atoms with Gasteiger partial charge in [-0.25, -0.2) is 0 Å². The van der Waals surface area contributed by atoms with Gasteiger partial charge in [-0.2, -0.15) is 21.6 Å². The first-order chi connectivity index (χ1) is 14.1. The molecule has 0 amide bonds. The molecule has 5 nitrogen and oxygen atoms in total. The molecule has 1 aromatic heterocycles. The summed E-state index contributed by atoms with van der Waals surface area (Å²) in [5, 5.41) is 3.61. The van der Waals surface area contributed by atoms with E-state index < -0.39 is 15.6 Å². The first-order valence-electron chi connectivity index (χ1n) is 9.67. The third-order valence-electron chi connectivity index (χ3n) is 4.62. The van der Waals surface area contributed by atoms with Crippen molar-refractivity contribution in [3.63, 3.8) is 0 Å². The molecule has 0 aliphatic carbocycles. The highest BCUT2D eigenvalue weighted by Crippen LogP contribution is 2.39. The molecular weight excluding hydrogens is 439 g/mol. The van der Waals surface area contributed by atoms with Gasteiger partial charge in [0.1, 0.15) is 5.75 Å². The maximum Gasteiger partial charge on any atom is 0.522 e. The second-order valence-electron chi connectivity index (χ2n) is 6.77. The largest absolute Gasteiger partial charge is 0.522 e. The third kappa shape index (κ3) is 6.44. The number of ether oxygens (including phenoxy) is 1. The van der Waals surface area contributed by atoms with Crippen LogP contribution in [0.4, 0.5) is 13.2 Å². The molecule has 0 atom stereocenters. The van der Waals surface area contributed by atoms with Gasteiger partial charge in [-0.05, 0) is 55.0 Å². The van der Waals surface area contributed by atoms with E-state index >= 15 is 0 Å². The number of nitrogens with zero attached hydrogens (tertiary/aromatic N) is 1. The van der Waals surface area contributed by atoms with Crippen LogP contribution in [0.5, 0.6) is 5.75 Å². The van der Waals surface area contributed by atoms with E-state index in [1.165, 1.54) is 47.2 Å². The zero-order valence-corrected chi connectivity index (χ0v) is 18.5. The molecule has 2 aromatic rings. The van der Waals surface area contributed by atoms with Crippen LogP contribution in [0.1, 0.15) is 38.7 Å². The van der Waals surface area contributed by atoms with Crippen molar-refractivity contribution in [2.45, 2.75) is 38.6 Å². The molecule has 0 saturated heterocycles. The van der Waals surface area contributed by atoms with Crippen LogP contribution in [0, 0.1) is 0 Å². The van der Waals surface area contributed by atoms with Crippen molar-refractivity contribution < 1.29 is 30.9 Å². The van der Waals surface area contributed by atoms with Crippen molar-refractivity contribution >= 4 is 37.1 Å². The van der Waals surface area contributed by atoms with Gasteiger partial charge in [0.25, 0.3) is 0 Å². The fraction of sp³-hybridized carbons (Fsp3) is 0.500. The van der Waals surface area contributed by atoms with E-state index in [1.54, 1.807) is 0 Å². The molecule has 2 heterocycles. The lowest BCUT2D eigenvalue weighted by Crippen LogP contribution is -2.29. The first kappa shape index (κ1) is 24.6. The van der Waals surface area contributed by atoms with Crippen molar-refractivity contribution in [3.8, 4) is 5.75 Å². The Balaban J connectivity index is 0.000000343. The molecule has 168 valence electrons. The average Bonchev–Trinajstić information content (AvgIpc) is 3.11. The standard InChI is InChI=1S/C19H25NOS.CHF3O3S/c1-3-5-11-20-12-9-15(10-13-20)16-14-22-18-8-6-7-17(19(16)18)21-4-2;2-1(3,4)8(5,6)7/h6-9,14H,3-5,10-13H2,1-2H3;(H,5,6,7). The van der Waals surface area contributed by atoms with Crippen molar-refractivity contribution in [1.82, 2.24) is 4.90 Å². The molecule has 1 aliphatic heterocycles. The van der Waals surface area contributed by atoms with Crippen LogP contribution in [0.25, 0.3) is 15.7 Å². The number of halogens is 3. The second-order valence-corrected chi connectivity index (χ2v) is 9.09. The van der Waals surface area contributed by atoms with Crippen molar-refractivity contribution in [1.29, 1.82) is 0 Å². The Morgan fingerprint density at radius 3 is 2.50 bits per heavy atom. The van der Waals surface area contributed by atoms with Gasteiger partial charge in [0.15, 0.2) is 0 Å². The predicted molar refractivity (Wildman–Crippen MR) is 115 cm³/mol. The molecule has 1 aliphatic rings. The highest BCUT2D eigenvalue weighted by molar-refractivity contribution is 7.86. The summed E-state index contributed by atoms with van der Waals surface area (Å²) in [5.74, 6) is 1.03. The number of alkyl halides is 3. The zero-order chi connectivity index (χ0) is 22.4. The lowest BCUT2D eigenvalue weighted by Gasteiger charge is -2.26. The van der Waals surface area contributed by atoms with E-state index in [9.17, 15) is 13.2 Å². The Kier molecular flexibility index (Phi) is 8.72. The van der Waals surface area contributed by atoms with Crippen molar-refractivity contribution in [3.05, 3.63) is 35.2 Å². The maximum absolute atomic E-state index is 10.7. The Morgan fingerprint density at radius 2 is 1.97 bits per heavy atom. The molecule has 0 saturated carbocycles. The monoisotopic (exact) mass is 465 g/mol. The molecular formula is C20H26F3NO4S2. The Hall–Kier alpha value is -1.62.